The number of hydrogen-bond donors (Lipinski definition) is 0. The highest BCUT2D eigenvalue weighted by atomic mass is 28.4. The van der Waals surface area contributed by atoms with Gasteiger partial charge in [0.05, 0.1) is 6.10 Å². The summed E-state index contributed by atoms with van der Waals surface area (Å²) in [5, 5.41) is 0. The zero-order valence-corrected chi connectivity index (χ0v) is 14.5. The smallest absolute Gasteiger partial charge is 0.247 e. The summed E-state index contributed by atoms with van der Waals surface area (Å²) in [7, 11) is -2.30. The molecule has 0 bridgehead atoms. The molecular formula is C17H33FOSi. The van der Waals surface area contributed by atoms with E-state index >= 15 is 0 Å². The van der Waals surface area contributed by atoms with Crippen molar-refractivity contribution in [2.24, 2.45) is 11.8 Å². The van der Waals surface area contributed by atoms with E-state index in [1.54, 1.807) is 0 Å². The molecule has 1 aliphatic heterocycles. The summed E-state index contributed by atoms with van der Waals surface area (Å²) >= 11 is 0. The van der Waals surface area contributed by atoms with Crippen molar-refractivity contribution in [3.8, 4) is 0 Å². The van der Waals surface area contributed by atoms with E-state index in [9.17, 15) is 4.11 Å². The number of rotatable bonds is 6. The highest BCUT2D eigenvalue weighted by molar-refractivity contribution is 6.73. The Bertz CT molecular complexity index is 268. The summed E-state index contributed by atoms with van der Waals surface area (Å²) in [5.74, 6) is 1.70. The summed E-state index contributed by atoms with van der Waals surface area (Å²) in [6, 6.07) is 2.83. The summed E-state index contributed by atoms with van der Waals surface area (Å²) in [4.78, 5) is 0. The molecule has 0 aromatic heterocycles. The molecule has 2 aliphatic rings. The molecular weight excluding hydrogens is 267 g/mol. The van der Waals surface area contributed by atoms with E-state index in [0.717, 1.165) is 49.4 Å². The van der Waals surface area contributed by atoms with Crippen LogP contribution in [0.2, 0.25) is 18.1 Å². The van der Waals surface area contributed by atoms with Crippen LogP contribution in [-0.4, -0.2) is 21.1 Å². The van der Waals surface area contributed by atoms with E-state index in [-0.39, 0.29) is 0 Å². The van der Waals surface area contributed by atoms with Crippen molar-refractivity contribution in [2.75, 3.05) is 6.61 Å². The van der Waals surface area contributed by atoms with Crippen molar-refractivity contribution in [1.82, 2.24) is 0 Å². The summed E-state index contributed by atoms with van der Waals surface area (Å²) < 4.78 is 20.5. The van der Waals surface area contributed by atoms with Gasteiger partial charge in [-0.3, -0.25) is 0 Å². The maximum absolute atomic E-state index is 14.6. The zero-order valence-electron chi connectivity index (χ0n) is 13.5. The van der Waals surface area contributed by atoms with Crippen molar-refractivity contribution >= 4 is 8.41 Å². The Morgan fingerprint density at radius 1 is 0.900 bits per heavy atom. The zero-order chi connectivity index (χ0) is 14.4. The van der Waals surface area contributed by atoms with Gasteiger partial charge in [0.2, 0.25) is 8.41 Å². The van der Waals surface area contributed by atoms with E-state index in [0.29, 0.717) is 6.10 Å². The maximum atomic E-state index is 14.6. The van der Waals surface area contributed by atoms with Gasteiger partial charge in [-0.05, 0) is 62.1 Å². The topological polar surface area (TPSA) is 9.23 Å². The normalized spacial score (nSPS) is 38.9. The van der Waals surface area contributed by atoms with Crippen LogP contribution in [0.4, 0.5) is 4.11 Å². The molecule has 1 nitrogen and oxygen atoms in total. The van der Waals surface area contributed by atoms with Gasteiger partial charge in [0, 0.05) is 6.61 Å². The van der Waals surface area contributed by atoms with E-state index in [2.05, 4.69) is 13.8 Å². The summed E-state index contributed by atoms with van der Waals surface area (Å²) in [6.45, 7) is 5.24. The minimum Gasteiger partial charge on any atom is -0.378 e. The average molecular weight is 301 g/mol. The molecule has 0 unspecified atom stereocenters. The largest absolute Gasteiger partial charge is 0.378 e. The Morgan fingerprint density at radius 2 is 1.50 bits per heavy atom. The van der Waals surface area contributed by atoms with Gasteiger partial charge in [-0.1, -0.05) is 33.1 Å². The molecule has 0 radical (unpaired) electrons. The first-order valence-electron chi connectivity index (χ1n) is 8.97. The van der Waals surface area contributed by atoms with Crippen molar-refractivity contribution < 1.29 is 8.84 Å². The molecule has 0 aromatic carbocycles. The Morgan fingerprint density at radius 3 is 2.05 bits per heavy atom. The summed E-state index contributed by atoms with van der Waals surface area (Å²) in [5.41, 5.74) is 0. The molecule has 0 aromatic rings. The molecule has 2 fully saturated rings. The minimum atomic E-state index is -2.30. The van der Waals surface area contributed by atoms with Gasteiger partial charge in [0.1, 0.15) is 0 Å². The molecule has 1 aliphatic carbocycles. The van der Waals surface area contributed by atoms with Crippen LogP contribution in [0, 0.1) is 11.8 Å². The van der Waals surface area contributed by atoms with Crippen molar-refractivity contribution in [2.45, 2.75) is 89.5 Å². The van der Waals surface area contributed by atoms with Crippen LogP contribution in [0.25, 0.3) is 0 Å². The Kier molecular flexibility index (Phi) is 6.53. The quantitative estimate of drug-likeness (QED) is 0.451. The molecule has 118 valence electrons. The predicted octanol–water partition coefficient (Wildman–Crippen LogP) is 5.71. The molecule has 0 atom stereocenters. The van der Waals surface area contributed by atoms with Gasteiger partial charge >= 0.3 is 0 Å². The van der Waals surface area contributed by atoms with Crippen LogP contribution >= 0.6 is 0 Å². The number of hydrogen-bond acceptors (Lipinski definition) is 1. The third kappa shape index (κ3) is 4.56. The van der Waals surface area contributed by atoms with Crippen molar-refractivity contribution in [1.29, 1.82) is 0 Å². The van der Waals surface area contributed by atoms with Gasteiger partial charge in [-0.15, -0.1) is 0 Å². The predicted molar refractivity (Wildman–Crippen MR) is 86.3 cm³/mol. The van der Waals surface area contributed by atoms with Gasteiger partial charge < -0.3 is 8.84 Å². The third-order valence-corrected chi connectivity index (χ3v) is 9.33. The van der Waals surface area contributed by atoms with Crippen molar-refractivity contribution in [3.05, 3.63) is 0 Å². The Labute approximate surface area is 125 Å². The first-order valence-corrected chi connectivity index (χ1v) is 11.5. The average Bonchev–Trinajstić information content (AvgIpc) is 2.47. The van der Waals surface area contributed by atoms with Crippen LogP contribution in [-0.2, 0) is 4.74 Å². The van der Waals surface area contributed by atoms with Crippen LogP contribution in [0.15, 0.2) is 0 Å². The Hall–Kier alpha value is 0.107. The van der Waals surface area contributed by atoms with E-state index < -0.39 is 8.41 Å². The second-order valence-electron chi connectivity index (χ2n) is 7.15. The molecule has 1 heterocycles. The molecule has 0 N–H and O–H groups in total. The fourth-order valence-electron chi connectivity index (χ4n) is 4.34. The van der Waals surface area contributed by atoms with Crippen LogP contribution in [0.3, 0.4) is 0 Å². The standard InChI is InChI=1S/C17H33FOSi/c1-3-11-19-17-7-5-15(6-8-17)16-9-13-20(18,12-4-2)14-10-16/h15-17H,3-14H2,1-2H3/t15-,16?,17-,20?. The molecule has 0 amide bonds. The third-order valence-electron chi connectivity index (χ3n) is 5.57. The highest BCUT2D eigenvalue weighted by Gasteiger charge is 2.40. The van der Waals surface area contributed by atoms with Gasteiger partial charge in [0.25, 0.3) is 0 Å². The second kappa shape index (κ2) is 7.93. The molecule has 1 saturated heterocycles. The van der Waals surface area contributed by atoms with Gasteiger partial charge in [-0.25, -0.2) is 0 Å². The van der Waals surface area contributed by atoms with Crippen LogP contribution in [0.5, 0.6) is 0 Å². The fraction of sp³-hybridized carbons (Fsp3) is 1.00. The molecule has 0 spiro atoms. The minimum absolute atomic E-state index is 0.518. The lowest BCUT2D eigenvalue weighted by Crippen LogP contribution is -2.36. The van der Waals surface area contributed by atoms with E-state index in [4.69, 9.17) is 4.74 Å². The van der Waals surface area contributed by atoms with Crippen molar-refractivity contribution in [3.63, 3.8) is 0 Å². The van der Waals surface area contributed by atoms with Gasteiger partial charge in [-0.2, -0.15) is 0 Å². The fourth-order valence-corrected chi connectivity index (χ4v) is 7.76. The lowest BCUT2D eigenvalue weighted by Gasteiger charge is -2.39. The number of halogens is 1. The SMILES string of the molecule is CCCO[C@H]1CC[C@H](C2CC[Si](F)(CCC)CC2)CC1. The molecule has 20 heavy (non-hydrogen) atoms. The van der Waals surface area contributed by atoms with E-state index in [1.165, 1.54) is 38.5 Å². The van der Waals surface area contributed by atoms with Crippen LogP contribution in [0.1, 0.15) is 65.2 Å². The van der Waals surface area contributed by atoms with Crippen LogP contribution < -0.4 is 0 Å². The maximum Gasteiger partial charge on any atom is 0.247 e. The molecule has 1 saturated carbocycles. The lowest BCUT2D eigenvalue weighted by atomic mass is 9.76. The van der Waals surface area contributed by atoms with Gasteiger partial charge in [0.15, 0.2) is 0 Å². The Balaban J connectivity index is 1.70. The molecule has 2 rings (SSSR count). The molecule has 3 heteroatoms. The highest BCUT2D eigenvalue weighted by Crippen LogP contribution is 2.43. The second-order valence-corrected chi connectivity index (χ2v) is 10.9. The monoisotopic (exact) mass is 300 g/mol. The number of ether oxygens (including phenoxy) is 1. The summed E-state index contributed by atoms with van der Waals surface area (Å²) in [6.07, 6.45) is 10.2. The van der Waals surface area contributed by atoms with E-state index in [1.807, 2.05) is 0 Å². The first-order chi connectivity index (χ1) is 9.67. The lowest BCUT2D eigenvalue weighted by molar-refractivity contribution is 0.0104. The first kappa shape index (κ1) is 16.5.